The summed E-state index contributed by atoms with van der Waals surface area (Å²) in [6, 6.07) is 32.6. The van der Waals surface area contributed by atoms with Crippen molar-refractivity contribution in [1.29, 1.82) is 0 Å². The topological polar surface area (TPSA) is 68.5 Å². The largest absolute Gasteiger partial charge is 0.481 e. The SMILES string of the molecule is O=C(COc1cccc2cccnc12)NN=Cc1cn(Cc2ccc3ccccc3c2)c2ccccc12. The lowest BCUT2D eigenvalue weighted by atomic mass is 10.1. The molecule has 6 heteroatoms. The highest BCUT2D eigenvalue weighted by Gasteiger charge is 2.09. The first-order valence-corrected chi connectivity index (χ1v) is 12.1. The van der Waals surface area contributed by atoms with E-state index in [-0.39, 0.29) is 12.5 Å². The van der Waals surface area contributed by atoms with E-state index in [1.807, 2.05) is 36.4 Å². The van der Waals surface area contributed by atoms with Crippen LogP contribution >= 0.6 is 0 Å². The van der Waals surface area contributed by atoms with Crippen LogP contribution < -0.4 is 10.2 Å². The van der Waals surface area contributed by atoms with E-state index in [2.05, 4.69) is 80.9 Å². The Kier molecular flexibility index (Phi) is 6.05. The maximum absolute atomic E-state index is 12.4. The number of benzene rings is 4. The lowest BCUT2D eigenvalue weighted by molar-refractivity contribution is -0.123. The molecule has 37 heavy (non-hydrogen) atoms. The molecule has 0 saturated heterocycles. The summed E-state index contributed by atoms with van der Waals surface area (Å²) in [6.45, 7) is 0.579. The Hall–Kier alpha value is -4.97. The number of nitrogens with one attached hydrogen (secondary N) is 1. The number of fused-ring (bicyclic) bond motifs is 3. The van der Waals surface area contributed by atoms with E-state index in [4.69, 9.17) is 4.74 Å². The molecule has 0 radical (unpaired) electrons. The van der Waals surface area contributed by atoms with Crippen molar-refractivity contribution in [3.63, 3.8) is 0 Å². The molecular formula is C31H24N4O2. The average Bonchev–Trinajstić information content (AvgIpc) is 3.29. The van der Waals surface area contributed by atoms with Crippen LogP contribution in [-0.2, 0) is 11.3 Å². The summed E-state index contributed by atoms with van der Waals surface area (Å²) in [5.41, 5.74) is 6.54. The summed E-state index contributed by atoms with van der Waals surface area (Å²) in [6.07, 6.45) is 5.44. The number of rotatable bonds is 7. The van der Waals surface area contributed by atoms with Gasteiger partial charge < -0.3 is 9.30 Å². The molecule has 0 unspecified atom stereocenters. The van der Waals surface area contributed by atoms with E-state index >= 15 is 0 Å². The lowest BCUT2D eigenvalue weighted by Gasteiger charge is -2.07. The predicted octanol–water partition coefficient (Wildman–Crippen LogP) is 5.92. The third-order valence-corrected chi connectivity index (χ3v) is 6.33. The van der Waals surface area contributed by atoms with E-state index < -0.39 is 0 Å². The third-order valence-electron chi connectivity index (χ3n) is 6.33. The zero-order valence-electron chi connectivity index (χ0n) is 20.0. The second-order valence-electron chi connectivity index (χ2n) is 8.82. The highest BCUT2D eigenvalue weighted by Crippen LogP contribution is 2.24. The number of carbonyl (C=O) groups is 1. The van der Waals surface area contributed by atoms with Crippen molar-refractivity contribution < 1.29 is 9.53 Å². The van der Waals surface area contributed by atoms with Crippen molar-refractivity contribution in [2.45, 2.75) is 6.54 Å². The second kappa shape index (κ2) is 9.95. The van der Waals surface area contributed by atoms with Gasteiger partial charge in [-0.2, -0.15) is 5.10 Å². The molecule has 2 aromatic heterocycles. The van der Waals surface area contributed by atoms with Crippen LogP contribution in [0.25, 0.3) is 32.6 Å². The summed E-state index contributed by atoms with van der Waals surface area (Å²) in [4.78, 5) is 16.7. The number of carbonyl (C=O) groups excluding carboxylic acids is 1. The highest BCUT2D eigenvalue weighted by atomic mass is 16.5. The van der Waals surface area contributed by atoms with Gasteiger partial charge in [-0.05, 0) is 40.6 Å². The molecule has 0 atom stereocenters. The quantitative estimate of drug-likeness (QED) is 0.226. The molecule has 1 amide bonds. The van der Waals surface area contributed by atoms with Crippen molar-refractivity contribution >= 4 is 44.7 Å². The lowest BCUT2D eigenvalue weighted by Crippen LogP contribution is -2.24. The van der Waals surface area contributed by atoms with Gasteiger partial charge in [0.05, 0.1) is 6.21 Å². The first-order valence-electron chi connectivity index (χ1n) is 12.1. The number of para-hydroxylation sites is 2. The number of amides is 1. The monoisotopic (exact) mass is 484 g/mol. The molecule has 0 aliphatic rings. The van der Waals surface area contributed by atoms with Crippen molar-refractivity contribution in [2.24, 2.45) is 5.10 Å². The summed E-state index contributed by atoms with van der Waals surface area (Å²) < 4.78 is 7.91. The van der Waals surface area contributed by atoms with E-state index in [1.54, 1.807) is 18.5 Å². The van der Waals surface area contributed by atoms with Gasteiger partial charge in [0, 0.05) is 40.8 Å². The molecule has 180 valence electrons. The van der Waals surface area contributed by atoms with Gasteiger partial charge in [-0.1, -0.05) is 72.8 Å². The molecule has 6 rings (SSSR count). The van der Waals surface area contributed by atoms with Crippen LogP contribution in [0.2, 0.25) is 0 Å². The smallest absolute Gasteiger partial charge is 0.277 e. The van der Waals surface area contributed by atoms with Gasteiger partial charge in [-0.15, -0.1) is 0 Å². The first-order chi connectivity index (χ1) is 18.2. The van der Waals surface area contributed by atoms with Crippen LogP contribution in [0.5, 0.6) is 5.75 Å². The van der Waals surface area contributed by atoms with Crippen LogP contribution in [-0.4, -0.2) is 28.3 Å². The van der Waals surface area contributed by atoms with Crippen LogP contribution in [0.1, 0.15) is 11.1 Å². The van der Waals surface area contributed by atoms with Crippen molar-refractivity contribution in [2.75, 3.05) is 6.61 Å². The number of hydrogen-bond acceptors (Lipinski definition) is 4. The van der Waals surface area contributed by atoms with E-state index in [0.717, 1.165) is 33.9 Å². The van der Waals surface area contributed by atoms with Gasteiger partial charge in [-0.25, -0.2) is 5.43 Å². The highest BCUT2D eigenvalue weighted by molar-refractivity contribution is 5.99. The maximum atomic E-state index is 12.4. The summed E-state index contributed by atoms with van der Waals surface area (Å²) in [5.74, 6) is 0.220. The Labute approximate surface area is 213 Å². The Morgan fingerprint density at radius 3 is 2.65 bits per heavy atom. The number of hydrazone groups is 1. The molecule has 4 aromatic carbocycles. The molecule has 0 bridgehead atoms. The minimum absolute atomic E-state index is 0.156. The molecule has 6 aromatic rings. The number of ether oxygens (including phenoxy) is 1. The van der Waals surface area contributed by atoms with Crippen LogP contribution in [0.3, 0.4) is 0 Å². The molecule has 0 fully saturated rings. The number of hydrogen-bond donors (Lipinski definition) is 1. The Morgan fingerprint density at radius 1 is 0.892 bits per heavy atom. The Bertz CT molecular complexity index is 1760. The van der Waals surface area contributed by atoms with E-state index in [9.17, 15) is 4.79 Å². The molecule has 0 saturated carbocycles. The van der Waals surface area contributed by atoms with Gasteiger partial charge in [0.15, 0.2) is 6.61 Å². The summed E-state index contributed by atoms with van der Waals surface area (Å²) >= 11 is 0. The molecule has 6 nitrogen and oxygen atoms in total. The van der Waals surface area contributed by atoms with Crippen LogP contribution in [0.15, 0.2) is 115 Å². The predicted molar refractivity (Wildman–Crippen MR) is 148 cm³/mol. The van der Waals surface area contributed by atoms with Gasteiger partial charge in [0.2, 0.25) is 0 Å². The molecule has 2 heterocycles. The van der Waals surface area contributed by atoms with Gasteiger partial charge in [-0.3, -0.25) is 9.78 Å². The van der Waals surface area contributed by atoms with Crippen LogP contribution in [0, 0.1) is 0 Å². The van der Waals surface area contributed by atoms with E-state index in [1.165, 1.54) is 16.3 Å². The van der Waals surface area contributed by atoms with E-state index in [0.29, 0.717) is 5.75 Å². The fourth-order valence-electron chi connectivity index (χ4n) is 4.58. The Balaban J connectivity index is 1.16. The average molecular weight is 485 g/mol. The molecule has 0 spiro atoms. The summed E-state index contributed by atoms with van der Waals surface area (Å²) in [7, 11) is 0. The maximum Gasteiger partial charge on any atom is 0.277 e. The zero-order chi connectivity index (χ0) is 25.0. The fraction of sp³-hybridized carbons (Fsp3) is 0.0645. The number of aromatic nitrogens is 2. The molecule has 0 aliphatic heterocycles. The summed E-state index contributed by atoms with van der Waals surface area (Å²) in [5, 5.41) is 8.67. The number of pyridine rings is 1. The third kappa shape index (κ3) is 4.77. The van der Waals surface area contributed by atoms with Gasteiger partial charge >= 0.3 is 0 Å². The first kappa shape index (κ1) is 22.5. The van der Waals surface area contributed by atoms with Gasteiger partial charge in [0.1, 0.15) is 11.3 Å². The van der Waals surface area contributed by atoms with Crippen molar-refractivity contribution in [3.8, 4) is 5.75 Å². The minimum Gasteiger partial charge on any atom is -0.481 e. The van der Waals surface area contributed by atoms with Crippen LogP contribution in [0.4, 0.5) is 0 Å². The zero-order valence-corrected chi connectivity index (χ0v) is 20.0. The standard InChI is InChI=1S/C31H24N4O2/c36-30(21-37-29-13-5-9-24-10-6-16-32-31(24)29)34-33-18-26-20-35(28-12-4-3-11-27(26)28)19-22-14-15-23-7-1-2-8-25(23)17-22/h1-18,20H,19,21H2,(H,34,36). The molecular weight excluding hydrogens is 460 g/mol. The fourth-order valence-corrected chi connectivity index (χ4v) is 4.58. The number of nitrogens with zero attached hydrogens (tertiary/aromatic N) is 3. The van der Waals surface area contributed by atoms with Crippen molar-refractivity contribution in [1.82, 2.24) is 15.0 Å². The molecule has 0 aliphatic carbocycles. The molecule has 1 N–H and O–H groups in total. The minimum atomic E-state index is -0.343. The Morgan fingerprint density at radius 2 is 1.70 bits per heavy atom. The van der Waals surface area contributed by atoms with Gasteiger partial charge in [0.25, 0.3) is 5.91 Å². The van der Waals surface area contributed by atoms with Crippen molar-refractivity contribution in [3.05, 3.63) is 121 Å². The second-order valence-corrected chi connectivity index (χ2v) is 8.82. The normalized spacial score (nSPS) is 11.5.